The minimum Gasteiger partial charge on any atom is -0.399 e. The average molecular weight is 297 g/mol. The van der Waals surface area contributed by atoms with Crippen LogP contribution in [-0.4, -0.2) is 11.0 Å². The van der Waals surface area contributed by atoms with Crippen LogP contribution in [0.1, 0.15) is 19.4 Å². The van der Waals surface area contributed by atoms with Gasteiger partial charge in [0.25, 0.3) is 0 Å². The number of rotatable bonds is 4. The van der Waals surface area contributed by atoms with Crippen LogP contribution in [0.2, 0.25) is 0 Å². The van der Waals surface area contributed by atoms with E-state index in [4.69, 9.17) is 5.73 Å². The standard InChI is InChI=1S/C17H19N3S/c1-12(2)20(11-13-3-5-14(18)6-4-13)17-15-8-10-21-16(15)7-9-19-17/h3-10,12H,11,18H2,1-2H3. The third-order valence-electron chi connectivity index (χ3n) is 3.59. The highest BCUT2D eigenvalue weighted by atomic mass is 32.1. The monoisotopic (exact) mass is 297 g/mol. The Kier molecular flexibility index (Phi) is 3.80. The molecule has 108 valence electrons. The third-order valence-corrected chi connectivity index (χ3v) is 4.47. The molecule has 2 aromatic heterocycles. The fourth-order valence-corrected chi connectivity index (χ4v) is 3.21. The predicted molar refractivity (Wildman–Crippen MR) is 91.8 cm³/mol. The van der Waals surface area contributed by atoms with Crippen LogP contribution in [0.15, 0.2) is 48.0 Å². The highest BCUT2D eigenvalue weighted by Crippen LogP contribution is 2.30. The number of fused-ring (bicyclic) bond motifs is 1. The number of nitrogen functional groups attached to an aromatic ring is 1. The summed E-state index contributed by atoms with van der Waals surface area (Å²) < 4.78 is 1.28. The summed E-state index contributed by atoms with van der Waals surface area (Å²) in [6.45, 7) is 5.23. The number of nitrogens with zero attached hydrogens (tertiary/aromatic N) is 2. The summed E-state index contributed by atoms with van der Waals surface area (Å²) >= 11 is 1.76. The Morgan fingerprint density at radius 3 is 2.62 bits per heavy atom. The molecular formula is C17H19N3S. The maximum atomic E-state index is 5.76. The lowest BCUT2D eigenvalue weighted by Crippen LogP contribution is -2.31. The number of hydrogen-bond acceptors (Lipinski definition) is 4. The maximum Gasteiger partial charge on any atom is 0.137 e. The first-order chi connectivity index (χ1) is 10.1. The molecule has 4 heteroatoms. The molecule has 0 unspecified atom stereocenters. The van der Waals surface area contributed by atoms with E-state index < -0.39 is 0 Å². The topological polar surface area (TPSA) is 42.1 Å². The Labute approximate surface area is 129 Å². The van der Waals surface area contributed by atoms with Gasteiger partial charge in [-0.25, -0.2) is 4.98 Å². The summed E-state index contributed by atoms with van der Waals surface area (Å²) in [7, 11) is 0. The summed E-state index contributed by atoms with van der Waals surface area (Å²) in [5.74, 6) is 1.06. The molecule has 0 aliphatic heterocycles. The predicted octanol–water partition coefficient (Wildman–Crippen LogP) is 4.29. The van der Waals surface area contributed by atoms with Crippen molar-refractivity contribution in [2.45, 2.75) is 26.4 Å². The molecule has 0 saturated heterocycles. The van der Waals surface area contributed by atoms with Crippen LogP contribution in [0.3, 0.4) is 0 Å². The van der Waals surface area contributed by atoms with Crippen molar-refractivity contribution in [2.24, 2.45) is 0 Å². The van der Waals surface area contributed by atoms with Gasteiger partial charge in [0.2, 0.25) is 0 Å². The highest BCUT2D eigenvalue weighted by molar-refractivity contribution is 7.17. The van der Waals surface area contributed by atoms with Crippen LogP contribution in [0, 0.1) is 0 Å². The lowest BCUT2D eigenvalue weighted by atomic mass is 10.1. The van der Waals surface area contributed by atoms with E-state index in [1.807, 2.05) is 18.3 Å². The van der Waals surface area contributed by atoms with Gasteiger partial charge < -0.3 is 10.6 Å². The number of pyridine rings is 1. The first-order valence-corrected chi connectivity index (χ1v) is 7.96. The average Bonchev–Trinajstić information content (AvgIpc) is 2.95. The molecule has 3 rings (SSSR count). The SMILES string of the molecule is CC(C)N(Cc1ccc(N)cc1)c1nccc2sccc12. The normalized spacial score (nSPS) is 11.2. The van der Waals surface area contributed by atoms with E-state index in [1.165, 1.54) is 15.6 Å². The molecule has 0 spiro atoms. The Hall–Kier alpha value is -2.07. The Balaban J connectivity index is 1.98. The summed E-state index contributed by atoms with van der Waals surface area (Å²) in [6.07, 6.45) is 1.90. The smallest absolute Gasteiger partial charge is 0.137 e. The molecule has 0 radical (unpaired) electrons. The molecular weight excluding hydrogens is 278 g/mol. The minimum absolute atomic E-state index is 0.376. The largest absolute Gasteiger partial charge is 0.399 e. The lowest BCUT2D eigenvalue weighted by Gasteiger charge is -2.28. The van der Waals surface area contributed by atoms with Crippen molar-refractivity contribution in [3.63, 3.8) is 0 Å². The Morgan fingerprint density at radius 2 is 1.90 bits per heavy atom. The van der Waals surface area contributed by atoms with E-state index in [1.54, 1.807) is 11.3 Å². The Bertz CT molecular complexity index is 731. The lowest BCUT2D eigenvalue weighted by molar-refractivity contribution is 0.676. The molecule has 21 heavy (non-hydrogen) atoms. The molecule has 3 aromatic rings. The van der Waals surface area contributed by atoms with Crippen LogP contribution in [-0.2, 0) is 6.54 Å². The number of aromatic nitrogens is 1. The third kappa shape index (κ3) is 2.85. The number of thiophene rings is 1. The molecule has 0 fully saturated rings. The molecule has 2 N–H and O–H groups in total. The molecule has 0 amide bonds. The molecule has 3 nitrogen and oxygen atoms in total. The first kappa shape index (κ1) is 13.9. The first-order valence-electron chi connectivity index (χ1n) is 7.08. The summed E-state index contributed by atoms with van der Waals surface area (Å²) in [5.41, 5.74) is 7.81. The van der Waals surface area contributed by atoms with Crippen molar-refractivity contribution >= 4 is 32.9 Å². The minimum atomic E-state index is 0.376. The van der Waals surface area contributed by atoms with E-state index in [2.05, 4.69) is 53.4 Å². The van der Waals surface area contributed by atoms with Gasteiger partial charge in [-0.1, -0.05) is 12.1 Å². The fraction of sp³-hybridized carbons (Fsp3) is 0.235. The number of hydrogen-bond donors (Lipinski definition) is 1. The zero-order chi connectivity index (χ0) is 14.8. The quantitative estimate of drug-likeness (QED) is 0.730. The van der Waals surface area contributed by atoms with E-state index in [-0.39, 0.29) is 0 Å². The van der Waals surface area contributed by atoms with Crippen molar-refractivity contribution in [3.05, 3.63) is 53.5 Å². The van der Waals surface area contributed by atoms with Gasteiger partial charge in [-0.05, 0) is 49.1 Å². The van der Waals surface area contributed by atoms with E-state index in [0.29, 0.717) is 6.04 Å². The van der Waals surface area contributed by atoms with Gasteiger partial charge in [0.15, 0.2) is 0 Å². The molecule has 0 saturated carbocycles. The van der Waals surface area contributed by atoms with Gasteiger partial charge in [0, 0.05) is 34.6 Å². The van der Waals surface area contributed by atoms with Gasteiger partial charge in [0.05, 0.1) is 0 Å². The number of nitrogens with two attached hydrogens (primary N) is 1. The van der Waals surface area contributed by atoms with Crippen LogP contribution in [0.5, 0.6) is 0 Å². The van der Waals surface area contributed by atoms with Crippen LogP contribution in [0.4, 0.5) is 11.5 Å². The fourth-order valence-electron chi connectivity index (χ4n) is 2.43. The van der Waals surface area contributed by atoms with E-state index in [9.17, 15) is 0 Å². The van der Waals surface area contributed by atoms with Crippen LogP contribution >= 0.6 is 11.3 Å². The van der Waals surface area contributed by atoms with Gasteiger partial charge >= 0.3 is 0 Å². The molecule has 0 aliphatic rings. The molecule has 0 bridgehead atoms. The number of anilines is 2. The highest BCUT2D eigenvalue weighted by Gasteiger charge is 2.15. The number of benzene rings is 1. The van der Waals surface area contributed by atoms with Crippen molar-refractivity contribution in [1.29, 1.82) is 0 Å². The van der Waals surface area contributed by atoms with Crippen molar-refractivity contribution < 1.29 is 0 Å². The zero-order valence-corrected chi connectivity index (χ0v) is 13.1. The van der Waals surface area contributed by atoms with Crippen molar-refractivity contribution in [2.75, 3.05) is 10.6 Å². The second-order valence-corrected chi connectivity index (χ2v) is 6.38. The van der Waals surface area contributed by atoms with Crippen LogP contribution < -0.4 is 10.6 Å². The summed E-state index contributed by atoms with van der Waals surface area (Å²) in [6, 6.07) is 12.7. The van der Waals surface area contributed by atoms with Gasteiger partial charge in [-0.3, -0.25) is 0 Å². The summed E-state index contributed by atoms with van der Waals surface area (Å²) in [4.78, 5) is 6.96. The molecule has 1 aromatic carbocycles. The maximum absolute atomic E-state index is 5.76. The van der Waals surface area contributed by atoms with E-state index in [0.717, 1.165) is 18.1 Å². The second-order valence-electron chi connectivity index (χ2n) is 5.43. The molecule has 2 heterocycles. The molecule has 0 atom stereocenters. The zero-order valence-electron chi connectivity index (χ0n) is 12.3. The van der Waals surface area contributed by atoms with E-state index >= 15 is 0 Å². The van der Waals surface area contributed by atoms with Crippen molar-refractivity contribution in [1.82, 2.24) is 4.98 Å². The van der Waals surface area contributed by atoms with Crippen molar-refractivity contribution in [3.8, 4) is 0 Å². The van der Waals surface area contributed by atoms with Gasteiger partial charge in [0.1, 0.15) is 5.82 Å². The van der Waals surface area contributed by atoms with Gasteiger partial charge in [-0.2, -0.15) is 0 Å². The second kappa shape index (κ2) is 5.74. The van der Waals surface area contributed by atoms with Crippen LogP contribution in [0.25, 0.3) is 10.1 Å². The van der Waals surface area contributed by atoms with Gasteiger partial charge in [-0.15, -0.1) is 11.3 Å². The Morgan fingerprint density at radius 1 is 1.14 bits per heavy atom. The summed E-state index contributed by atoms with van der Waals surface area (Å²) in [5, 5.41) is 3.35. The molecule has 0 aliphatic carbocycles.